The highest BCUT2D eigenvalue weighted by Gasteiger charge is 2.54. The number of ether oxygens (including phenoxy) is 1. The Labute approximate surface area is 168 Å². The van der Waals surface area contributed by atoms with Gasteiger partial charge >= 0.3 is 0 Å². The van der Waals surface area contributed by atoms with Crippen LogP contribution in [0.1, 0.15) is 13.2 Å². The van der Waals surface area contributed by atoms with E-state index in [1.807, 2.05) is 0 Å². The van der Waals surface area contributed by atoms with Crippen molar-refractivity contribution < 1.29 is 19.2 Å². The van der Waals surface area contributed by atoms with Gasteiger partial charge in [-0.15, -0.1) is 0 Å². The van der Waals surface area contributed by atoms with Gasteiger partial charge in [0.25, 0.3) is 14.9 Å². The maximum atomic E-state index is 11.3. The van der Waals surface area contributed by atoms with Gasteiger partial charge in [0.05, 0.1) is 12.0 Å². The van der Waals surface area contributed by atoms with Crippen LogP contribution < -0.4 is 0 Å². The number of aliphatic hydroxyl groups is 1. The Morgan fingerprint density at radius 3 is 2.96 bits per heavy atom. The summed E-state index contributed by atoms with van der Waals surface area (Å²) in [7, 11) is -1.61. The van der Waals surface area contributed by atoms with Gasteiger partial charge in [-0.05, 0) is 29.5 Å². The molecule has 2 aromatic rings. The topological polar surface area (TPSA) is 78.6 Å². The first kappa shape index (κ1) is 16.8. The fourth-order valence-electron chi connectivity index (χ4n) is 3.11. The van der Waals surface area contributed by atoms with E-state index in [9.17, 15) is 5.11 Å². The summed E-state index contributed by atoms with van der Waals surface area (Å²) in [5, 5.41) is 12.2. The molecule has 1 fully saturated rings. The minimum Gasteiger partial charge on any atom is -0.437 e. The zero-order valence-corrected chi connectivity index (χ0v) is 16.9. The van der Waals surface area contributed by atoms with Gasteiger partial charge in [0.1, 0.15) is 34.9 Å². The quantitative estimate of drug-likeness (QED) is 0.385. The van der Waals surface area contributed by atoms with Crippen LogP contribution in [0.5, 0.6) is 0 Å². The summed E-state index contributed by atoms with van der Waals surface area (Å²) in [6.07, 6.45) is 0.818. The predicted molar refractivity (Wildman–Crippen MR) is 107 cm³/mol. The molecule has 134 valence electrons. The highest BCUT2D eigenvalue weighted by molar-refractivity contribution is 14.1. The Bertz CT molecular complexity index is 829. The van der Waals surface area contributed by atoms with E-state index >= 15 is 0 Å². The first-order valence-corrected chi connectivity index (χ1v) is 9.24. The zero-order valence-electron chi connectivity index (χ0n) is 16.0. The van der Waals surface area contributed by atoms with Crippen molar-refractivity contribution in [1.29, 1.82) is 2.67 Å². The summed E-state index contributed by atoms with van der Waals surface area (Å²) >= 11 is 8.33. The minimum atomic E-state index is -1.47. The van der Waals surface area contributed by atoms with Gasteiger partial charge in [0.2, 0.25) is 0 Å². The summed E-state index contributed by atoms with van der Waals surface area (Å²) in [5.74, 6) is 0. The van der Waals surface area contributed by atoms with E-state index < -0.39 is 38.9 Å². The summed E-state index contributed by atoms with van der Waals surface area (Å²) < 4.78 is 34.9. The molecule has 0 radical (unpaired) electrons. The van der Waals surface area contributed by atoms with Crippen LogP contribution in [-0.4, -0.2) is 61.6 Å². The SMILES string of the molecule is [2H]B(C)OC[C@H]1O[C@@H](n2cc(I)c3c(Cl)ncnc32)[C@@](C)(O)[C@@H]1OB([2H])C. The van der Waals surface area contributed by atoms with Crippen LogP contribution in [0.15, 0.2) is 12.5 Å². The Hall–Kier alpha value is -0.390. The molecule has 0 unspecified atom stereocenters. The molecule has 25 heavy (non-hydrogen) atoms. The number of rotatable bonds is 6. The summed E-state index contributed by atoms with van der Waals surface area (Å²) in [6.45, 7) is 4.81. The molecule has 3 heterocycles. The molecule has 1 saturated heterocycles. The molecule has 1 N–H and O–H groups in total. The summed E-state index contributed by atoms with van der Waals surface area (Å²) in [6, 6.07) is 0. The third-order valence-electron chi connectivity index (χ3n) is 4.20. The lowest BCUT2D eigenvalue weighted by molar-refractivity contribution is -0.0916. The van der Waals surface area contributed by atoms with Crippen molar-refractivity contribution in [1.82, 2.24) is 14.5 Å². The Morgan fingerprint density at radius 2 is 2.28 bits per heavy atom. The molecule has 0 saturated carbocycles. The molecule has 4 atom stereocenters. The molecule has 0 aliphatic carbocycles. The van der Waals surface area contributed by atoms with Crippen molar-refractivity contribution >= 4 is 60.1 Å². The standard InChI is InChI=1S/C14H19B2ClIN3O4/c1-14(22)10(25-16-3)8(5-23-15-2)24-13(14)21-4-7(18)9-11(17)19-6-20-12(9)21/h4,6,8,10,13,15-16,22H,5H2,1-3H3/t8-,10-,13-,14+/m1/s1/i15D,16D. The second-order valence-electron chi connectivity index (χ2n) is 5.86. The van der Waals surface area contributed by atoms with Crippen molar-refractivity contribution in [2.75, 3.05) is 6.61 Å². The smallest absolute Gasteiger partial charge is 0.272 e. The largest absolute Gasteiger partial charge is 0.437 e. The van der Waals surface area contributed by atoms with Crippen LogP contribution in [0.4, 0.5) is 0 Å². The Kier molecular flexibility index (Phi) is 5.16. The molecular weight excluding hydrogens is 458 g/mol. The molecule has 1 aliphatic rings. The van der Waals surface area contributed by atoms with E-state index in [-0.39, 0.29) is 6.61 Å². The van der Waals surface area contributed by atoms with Crippen LogP contribution in [-0.2, 0) is 14.0 Å². The number of nitrogens with zero attached hydrogens (tertiary/aromatic N) is 3. The summed E-state index contributed by atoms with van der Waals surface area (Å²) in [5.41, 5.74) is -0.945. The fraction of sp³-hybridized carbons (Fsp3) is 0.571. The highest BCUT2D eigenvalue weighted by Crippen LogP contribution is 2.42. The number of fused-ring (bicyclic) bond motifs is 1. The van der Waals surface area contributed by atoms with Gasteiger partial charge in [-0.1, -0.05) is 25.2 Å². The van der Waals surface area contributed by atoms with Crippen molar-refractivity contribution in [2.45, 2.75) is 44.6 Å². The van der Waals surface area contributed by atoms with Gasteiger partial charge in [-0.2, -0.15) is 0 Å². The summed E-state index contributed by atoms with van der Waals surface area (Å²) in [4.78, 5) is 8.30. The van der Waals surface area contributed by atoms with E-state index in [4.69, 9.17) is 28.3 Å². The van der Waals surface area contributed by atoms with Crippen LogP contribution in [0.3, 0.4) is 0 Å². The maximum Gasteiger partial charge on any atom is 0.272 e. The molecule has 3 rings (SSSR count). The number of hydrogen-bond acceptors (Lipinski definition) is 6. The van der Waals surface area contributed by atoms with Crippen molar-refractivity contribution in [3.8, 4) is 0 Å². The first-order chi connectivity index (χ1) is 12.6. The second-order valence-corrected chi connectivity index (χ2v) is 7.38. The predicted octanol–water partition coefficient (Wildman–Crippen LogP) is 1.54. The normalized spacial score (nSPS) is 30.4. The average molecular weight is 479 g/mol. The zero-order chi connectivity index (χ0) is 19.9. The molecule has 2 aromatic heterocycles. The average Bonchev–Trinajstić information content (AvgIpc) is 3.01. The molecule has 11 heteroatoms. The molecule has 0 spiro atoms. The third-order valence-corrected chi connectivity index (χ3v) is 5.30. The van der Waals surface area contributed by atoms with Crippen molar-refractivity contribution in [3.05, 3.63) is 21.2 Å². The number of aromatic nitrogens is 3. The fourth-order valence-corrected chi connectivity index (χ4v) is 4.30. The van der Waals surface area contributed by atoms with Crippen molar-refractivity contribution in [3.63, 3.8) is 0 Å². The molecular formula is C14H19B2ClIN3O4. The van der Waals surface area contributed by atoms with Crippen molar-refractivity contribution in [2.24, 2.45) is 0 Å². The van der Waals surface area contributed by atoms with Crippen LogP contribution in [0, 0.1) is 3.57 Å². The van der Waals surface area contributed by atoms with Gasteiger partial charge in [-0.3, -0.25) is 0 Å². The maximum absolute atomic E-state index is 11.3. The third kappa shape index (κ3) is 3.44. The van der Waals surface area contributed by atoms with E-state index in [2.05, 4.69) is 32.6 Å². The van der Waals surface area contributed by atoms with E-state index in [1.54, 1.807) is 31.3 Å². The molecule has 1 aliphatic heterocycles. The molecule has 0 amide bonds. The first-order valence-electron chi connectivity index (χ1n) is 8.94. The minimum absolute atomic E-state index is 0.0563. The van der Waals surface area contributed by atoms with E-state index in [1.165, 1.54) is 6.33 Å². The van der Waals surface area contributed by atoms with Crippen LogP contribution in [0.2, 0.25) is 18.8 Å². The second kappa shape index (κ2) is 7.69. The monoisotopic (exact) mass is 479 g/mol. The van der Waals surface area contributed by atoms with Gasteiger partial charge < -0.3 is 23.7 Å². The number of halogens is 2. The molecule has 7 nitrogen and oxygen atoms in total. The number of hydrogen-bond donors (Lipinski definition) is 1. The van der Waals surface area contributed by atoms with E-state index in [0.29, 0.717) is 16.2 Å². The lowest BCUT2D eigenvalue weighted by Crippen LogP contribution is -2.46. The highest BCUT2D eigenvalue weighted by atomic mass is 127. The Morgan fingerprint density at radius 1 is 1.52 bits per heavy atom. The van der Waals surface area contributed by atoms with Gasteiger partial charge in [0, 0.05) is 12.4 Å². The molecule has 0 aromatic carbocycles. The van der Waals surface area contributed by atoms with Gasteiger partial charge in [-0.25, -0.2) is 9.97 Å². The lowest BCUT2D eigenvalue weighted by atomic mass is 9.93. The van der Waals surface area contributed by atoms with Crippen LogP contribution in [0.25, 0.3) is 11.0 Å². The van der Waals surface area contributed by atoms with Crippen LogP contribution >= 0.6 is 34.2 Å². The lowest BCUT2D eigenvalue weighted by Gasteiger charge is -2.30. The molecule has 0 bridgehead atoms. The van der Waals surface area contributed by atoms with Gasteiger partial charge in [0.15, 0.2) is 6.23 Å². The van der Waals surface area contributed by atoms with E-state index in [0.717, 1.165) is 3.57 Å². The Balaban J connectivity index is 2.01.